The minimum atomic E-state index is -0.398. The molecule has 0 N–H and O–H groups in total. The van der Waals surface area contributed by atoms with Crippen LogP contribution in [-0.2, 0) is 0 Å². The van der Waals surface area contributed by atoms with Crippen molar-refractivity contribution in [2.24, 2.45) is 0 Å². The maximum absolute atomic E-state index is 15.1. The highest BCUT2D eigenvalue weighted by molar-refractivity contribution is 5.71. The lowest BCUT2D eigenvalue weighted by Crippen LogP contribution is -2.06. The highest BCUT2D eigenvalue weighted by Gasteiger charge is 2.16. The zero-order valence-electron chi connectivity index (χ0n) is 14.1. The first-order valence-corrected chi connectivity index (χ1v) is 8.09. The van der Waals surface area contributed by atoms with Gasteiger partial charge in [-0.3, -0.25) is 0 Å². The van der Waals surface area contributed by atoms with Crippen LogP contribution >= 0.6 is 0 Å². The normalized spacial score (nSPS) is 10.5. The van der Waals surface area contributed by atoms with Crippen molar-refractivity contribution in [3.05, 3.63) is 54.3 Å². The Kier molecular flexibility index (Phi) is 5.18. The van der Waals surface area contributed by atoms with Gasteiger partial charge < -0.3 is 9.47 Å². The molecule has 0 amide bonds. The molecule has 128 valence electrons. The quantitative estimate of drug-likeness (QED) is 0.675. The average molecular weight is 339 g/mol. The molecule has 1 aromatic heterocycles. The van der Waals surface area contributed by atoms with E-state index in [2.05, 4.69) is 15.0 Å². The van der Waals surface area contributed by atoms with Gasteiger partial charge in [-0.15, -0.1) is 4.98 Å². The van der Waals surface area contributed by atoms with E-state index in [-0.39, 0.29) is 23.4 Å². The molecule has 6 heteroatoms. The molecule has 0 unspecified atom stereocenters. The predicted octanol–water partition coefficient (Wildman–Crippen LogP) is 4.14. The third-order valence-corrected chi connectivity index (χ3v) is 3.47. The summed E-state index contributed by atoms with van der Waals surface area (Å²) in [5.41, 5.74) is 1.53. The van der Waals surface area contributed by atoms with Crippen LogP contribution in [-0.4, -0.2) is 28.2 Å². The summed E-state index contributed by atoms with van der Waals surface area (Å²) in [6.45, 7) is 4.42. The van der Waals surface area contributed by atoms with Gasteiger partial charge in [0, 0.05) is 5.56 Å². The van der Waals surface area contributed by atoms with E-state index >= 15 is 4.39 Å². The SMILES string of the molecule is CCOc1nc(OCC)nc(-c2cccc(-c3ccccc3)c2F)n1. The Balaban J connectivity index is 2.10. The lowest BCUT2D eigenvalue weighted by atomic mass is 10.0. The summed E-state index contributed by atoms with van der Waals surface area (Å²) < 4.78 is 25.8. The van der Waals surface area contributed by atoms with E-state index in [0.717, 1.165) is 5.56 Å². The van der Waals surface area contributed by atoms with Crippen molar-refractivity contribution in [1.29, 1.82) is 0 Å². The minimum absolute atomic E-state index is 0.112. The van der Waals surface area contributed by atoms with Crippen molar-refractivity contribution in [1.82, 2.24) is 15.0 Å². The molecule has 0 aliphatic rings. The van der Waals surface area contributed by atoms with Crippen LogP contribution in [0.2, 0.25) is 0 Å². The lowest BCUT2D eigenvalue weighted by Gasteiger charge is -2.10. The van der Waals surface area contributed by atoms with Crippen molar-refractivity contribution in [2.75, 3.05) is 13.2 Å². The van der Waals surface area contributed by atoms with E-state index in [0.29, 0.717) is 18.8 Å². The van der Waals surface area contributed by atoms with E-state index in [4.69, 9.17) is 9.47 Å². The Morgan fingerprint density at radius 2 is 1.36 bits per heavy atom. The van der Waals surface area contributed by atoms with Gasteiger partial charge in [0.15, 0.2) is 5.82 Å². The fourth-order valence-electron chi connectivity index (χ4n) is 2.39. The molecule has 0 spiro atoms. The van der Waals surface area contributed by atoms with E-state index in [1.165, 1.54) is 0 Å². The second-order valence-corrected chi connectivity index (χ2v) is 5.12. The summed E-state index contributed by atoms with van der Waals surface area (Å²) >= 11 is 0. The number of ether oxygens (including phenoxy) is 2. The van der Waals surface area contributed by atoms with Gasteiger partial charge in [0.05, 0.1) is 18.8 Å². The molecule has 0 atom stereocenters. The van der Waals surface area contributed by atoms with Gasteiger partial charge >= 0.3 is 12.0 Å². The minimum Gasteiger partial charge on any atom is -0.464 e. The predicted molar refractivity (Wildman–Crippen MR) is 93.0 cm³/mol. The van der Waals surface area contributed by atoms with Crippen molar-refractivity contribution in [3.8, 4) is 34.5 Å². The van der Waals surface area contributed by atoms with Gasteiger partial charge in [-0.25, -0.2) is 4.39 Å². The lowest BCUT2D eigenvalue weighted by molar-refractivity contribution is 0.280. The molecule has 0 saturated heterocycles. The fourth-order valence-corrected chi connectivity index (χ4v) is 2.39. The van der Waals surface area contributed by atoms with Crippen LogP contribution in [0.15, 0.2) is 48.5 Å². The molecule has 0 bridgehead atoms. The molecular formula is C19H18FN3O2. The van der Waals surface area contributed by atoms with Crippen LogP contribution < -0.4 is 9.47 Å². The summed E-state index contributed by atoms with van der Waals surface area (Å²) in [7, 11) is 0. The first kappa shape index (κ1) is 16.8. The number of aromatic nitrogens is 3. The van der Waals surface area contributed by atoms with E-state index in [1.54, 1.807) is 18.2 Å². The zero-order chi connectivity index (χ0) is 17.6. The van der Waals surface area contributed by atoms with E-state index < -0.39 is 5.82 Å². The van der Waals surface area contributed by atoms with Crippen LogP contribution in [0.5, 0.6) is 12.0 Å². The van der Waals surface area contributed by atoms with Gasteiger partial charge in [-0.1, -0.05) is 42.5 Å². The Morgan fingerprint density at radius 3 is 1.96 bits per heavy atom. The smallest absolute Gasteiger partial charge is 0.323 e. The molecule has 0 fully saturated rings. The van der Waals surface area contributed by atoms with Crippen molar-refractivity contribution in [3.63, 3.8) is 0 Å². The first-order valence-electron chi connectivity index (χ1n) is 8.09. The zero-order valence-corrected chi connectivity index (χ0v) is 14.1. The Bertz CT molecular complexity index is 832. The van der Waals surface area contributed by atoms with Crippen LogP contribution in [0, 0.1) is 5.82 Å². The Hall–Kier alpha value is -3.02. The van der Waals surface area contributed by atoms with Gasteiger partial charge in [0.2, 0.25) is 0 Å². The number of rotatable bonds is 6. The van der Waals surface area contributed by atoms with Gasteiger partial charge in [0.1, 0.15) is 5.82 Å². The standard InChI is InChI=1S/C19H18FN3O2/c1-3-24-18-21-17(22-19(23-18)25-4-2)15-12-8-11-14(16(15)20)13-9-6-5-7-10-13/h5-12H,3-4H2,1-2H3. The van der Waals surface area contributed by atoms with Crippen LogP contribution in [0.4, 0.5) is 4.39 Å². The third-order valence-electron chi connectivity index (χ3n) is 3.47. The molecule has 2 aromatic carbocycles. The fraction of sp³-hybridized carbons (Fsp3) is 0.211. The summed E-state index contributed by atoms with van der Waals surface area (Å²) in [4.78, 5) is 12.5. The van der Waals surface area contributed by atoms with Crippen molar-refractivity contribution in [2.45, 2.75) is 13.8 Å². The molecule has 0 aliphatic heterocycles. The first-order chi connectivity index (χ1) is 12.2. The molecule has 25 heavy (non-hydrogen) atoms. The largest absolute Gasteiger partial charge is 0.464 e. The second kappa shape index (κ2) is 7.70. The Morgan fingerprint density at radius 1 is 0.760 bits per heavy atom. The van der Waals surface area contributed by atoms with E-state index in [9.17, 15) is 0 Å². The van der Waals surface area contributed by atoms with Crippen molar-refractivity contribution >= 4 is 0 Å². The molecule has 0 saturated carbocycles. The topological polar surface area (TPSA) is 57.1 Å². The number of halogens is 1. The molecule has 0 radical (unpaired) electrons. The maximum atomic E-state index is 15.1. The molecule has 5 nitrogen and oxygen atoms in total. The molecule has 3 aromatic rings. The third kappa shape index (κ3) is 3.74. The van der Waals surface area contributed by atoms with Crippen molar-refractivity contribution < 1.29 is 13.9 Å². The van der Waals surface area contributed by atoms with Gasteiger partial charge in [-0.2, -0.15) is 9.97 Å². The second-order valence-electron chi connectivity index (χ2n) is 5.12. The summed E-state index contributed by atoms with van der Waals surface area (Å²) in [5, 5.41) is 0. The van der Waals surface area contributed by atoms with E-state index in [1.807, 2.05) is 44.2 Å². The van der Waals surface area contributed by atoms with Crippen LogP contribution in [0.25, 0.3) is 22.5 Å². The van der Waals surface area contributed by atoms with Crippen LogP contribution in [0.3, 0.4) is 0 Å². The maximum Gasteiger partial charge on any atom is 0.323 e. The highest BCUT2D eigenvalue weighted by atomic mass is 19.1. The van der Waals surface area contributed by atoms with Gasteiger partial charge in [0.25, 0.3) is 0 Å². The molecule has 3 rings (SSSR count). The molecular weight excluding hydrogens is 321 g/mol. The summed E-state index contributed by atoms with van der Waals surface area (Å²) in [6.07, 6.45) is 0. The number of nitrogens with zero attached hydrogens (tertiary/aromatic N) is 3. The summed E-state index contributed by atoms with van der Waals surface area (Å²) in [5.74, 6) is -0.220. The Labute approximate surface area is 145 Å². The average Bonchev–Trinajstić information content (AvgIpc) is 2.63. The number of benzene rings is 2. The molecule has 0 aliphatic carbocycles. The molecule has 1 heterocycles. The number of hydrogen-bond donors (Lipinski definition) is 0. The van der Waals surface area contributed by atoms with Gasteiger partial charge in [-0.05, 0) is 25.5 Å². The summed E-state index contributed by atoms with van der Waals surface area (Å²) in [6, 6.07) is 14.7. The monoisotopic (exact) mass is 339 g/mol. The highest BCUT2D eigenvalue weighted by Crippen LogP contribution is 2.30. The number of hydrogen-bond acceptors (Lipinski definition) is 5. The van der Waals surface area contributed by atoms with Crippen LogP contribution in [0.1, 0.15) is 13.8 Å².